The zero-order chi connectivity index (χ0) is 19.3. The first-order valence-electron chi connectivity index (χ1n) is 10.1. The topological polar surface area (TPSA) is 55.5 Å². The fraction of sp³-hybridized carbons (Fsp3) is 0.565. The van der Waals surface area contributed by atoms with Crippen molar-refractivity contribution in [2.75, 3.05) is 13.2 Å². The summed E-state index contributed by atoms with van der Waals surface area (Å²) in [6.07, 6.45) is 10.7. The number of nitrogens with two attached hydrogens (primary N) is 1. The monoisotopic (exact) mass is 387 g/mol. The molecular formula is C23H33NO2S. The lowest BCUT2D eigenvalue weighted by Gasteiger charge is -2.27. The van der Waals surface area contributed by atoms with Gasteiger partial charge in [-0.3, -0.25) is 0 Å². The molecule has 3 N–H and O–H groups in total. The second-order valence-electron chi connectivity index (χ2n) is 8.22. The minimum atomic E-state index is -0.410. The normalized spacial score (nSPS) is 31.7. The minimum absolute atomic E-state index is 0.0701. The number of allylic oxidation sites excluding steroid dienone is 5. The number of aliphatic hydroxyl groups excluding tert-OH is 1. The van der Waals surface area contributed by atoms with Gasteiger partial charge in [0.2, 0.25) is 0 Å². The molecule has 0 aliphatic heterocycles. The van der Waals surface area contributed by atoms with Crippen molar-refractivity contribution >= 4 is 11.3 Å². The Kier molecular flexibility index (Phi) is 7.10. The number of thiophene rings is 1. The van der Waals surface area contributed by atoms with Crippen LogP contribution in [0.3, 0.4) is 0 Å². The maximum Gasteiger partial charge on any atom is 0.0809 e. The second kappa shape index (κ2) is 9.33. The zero-order valence-corrected chi connectivity index (χ0v) is 17.3. The zero-order valence-electron chi connectivity index (χ0n) is 16.5. The Morgan fingerprint density at radius 1 is 1.44 bits per heavy atom. The number of ether oxygens (including phenoxy) is 1. The van der Waals surface area contributed by atoms with Crippen LogP contribution in [0.1, 0.15) is 50.3 Å². The number of aliphatic hydroxyl groups is 1. The van der Waals surface area contributed by atoms with Crippen molar-refractivity contribution in [1.29, 1.82) is 0 Å². The molecular weight excluding hydrogens is 354 g/mol. The molecule has 3 rings (SSSR count). The van der Waals surface area contributed by atoms with Gasteiger partial charge in [-0.2, -0.15) is 0 Å². The molecule has 4 heteroatoms. The molecule has 148 valence electrons. The summed E-state index contributed by atoms with van der Waals surface area (Å²) in [5.74, 6) is 0.999. The smallest absolute Gasteiger partial charge is 0.0809 e. The van der Waals surface area contributed by atoms with E-state index in [1.807, 2.05) is 0 Å². The molecule has 2 aliphatic rings. The highest BCUT2D eigenvalue weighted by Crippen LogP contribution is 2.39. The molecule has 0 amide bonds. The molecule has 1 aromatic rings. The Balaban J connectivity index is 1.52. The van der Waals surface area contributed by atoms with Crippen molar-refractivity contribution in [2.45, 2.75) is 57.6 Å². The Morgan fingerprint density at radius 3 is 2.96 bits per heavy atom. The molecule has 3 atom stereocenters. The van der Waals surface area contributed by atoms with E-state index in [0.29, 0.717) is 11.8 Å². The molecule has 1 aromatic heterocycles. The number of rotatable bonds is 7. The summed E-state index contributed by atoms with van der Waals surface area (Å²) < 4.78 is 5.95. The maximum absolute atomic E-state index is 9.50. The predicted molar refractivity (Wildman–Crippen MR) is 114 cm³/mol. The highest BCUT2D eigenvalue weighted by atomic mass is 32.1. The number of hydrogen-bond donors (Lipinski definition) is 2. The Labute approximate surface area is 167 Å². The Hall–Kier alpha value is -1.20. The lowest BCUT2D eigenvalue weighted by molar-refractivity contribution is 0.0838. The van der Waals surface area contributed by atoms with Gasteiger partial charge in [0.1, 0.15) is 0 Å². The van der Waals surface area contributed by atoms with Crippen LogP contribution < -0.4 is 5.73 Å². The van der Waals surface area contributed by atoms with Crippen LogP contribution in [0.5, 0.6) is 0 Å². The third-order valence-electron chi connectivity index (χ3n) is 6.11. The predicted octanol–water partition coefficient (Wildman–Crippen LogP) is 4.98. The fourth-order valence-corrected chi connectivity index (χ4v) is 4.99. The minimum Gasteiger partial charge on any atom is -0.394 e. The molecule has 2 aliphatic carbocycles. The molecule has 2 fully saturated rings. The summed E-state index contributed by atoms with van der Waals surface area (Å²) in [6.45, 7) is 8.09. The molecule has 3 nitrogen and oxygen atoms in total. The molecule has 0 spiro atoms. The van der Waals surface area contributed by atoms with Crippen molar-refractivity contribution in [3.8, 4) is 0 Å². The molecule has 2 saturated carbocycles. The average molecular weight is 388 g/mol. The largest absolute Gasteiger partial charge is 0.394 e. The van der Waals surface area contributed by atoms with E-state index >= 15 is 0 Å². The lowest BCUT2D eigenvalue weighted by Crippen LogP contribution is -2.40. The van der Waals surface area contributed by atoms with Gasteiger partial charge in [-0.15, -0.1) is 11.3 Å². The quantitative estimate of drug-likeness (QED) is 0.693. The van der Waals surface area contributed by atoms with Crippen LogP contribution in [0.15, 0.2) is 53.0 Å². The van der Waals surface area contributed by atoms with Crippen LogP contribution in [0.2, 0.25) is 0 Å². The summed E-state index contributed by atoms with van der Waals surface area (Å²) in [5.41, 5.74) is 9.87. The van der Waals surface area contributed by atoms with Crippen LogP contribution in [-0.2, 0) is 11.3 Å². The van der Waals surface area contributed by atoms with Gasteiger partial charge in [-0.1, -0.05) is 30.4 Å². The van der Waals surface area contributed by atoms with Gasteiger partial charge in [0.25, 0.3) is 0 Å². The number of hydrogen-bond acceptors (Lipinski definition) is 4. The summed E-state index contributed by atoms with van der Waals surface area (Å²) in [7, 11) is 0. The molecule has 0 saturated heterocycles. The van der Waals surface area contributed by atoms with Crippen LogP contribution in [0, 0.1) is 11.8 Å². The molecule has 0 bridgehead atoms. The molecule has 27 heavy (non-hydrogen) atoms. The first kappa shape index (κ1) is 20.5. The fourth-order valence-electron chi connectivity index (χ4n) is 4.35. The van der Waals surface area contributed by atoms with Gasteiger partial charge in [0.15, 0.2) is 0 Å². The van der Waals surface area contributed by atoms with Gasteiger partial charge in [0.05, 0.1) is 19.8 Å². The van der Waals surface area contributed by atoms with Crippen molar-refractivity contribution < 1.29 is 9.84 Å². The third kappa shape index (κ3) is 5.41. The van der Waals surface area contributed by atoms with E-state index < -0.39 is 5.54 Å². The van der Waals surface area contributed by atoms with Crippen molar-refractivity contribution in [3.63, 3.8) is 0 Å². The summed E-state index contributed by atoms with van der Waals surface area (Å²) in [5, 5.41) is 11.6. The maximum atomic E-state index is 9.50. The van der Waals surface area contributed by atoms with Gasteiger partial charge < -0.3 is 15.6 Å². The van der Waals surface area contributed by atoms with E-state index in [1.54, 1.807) is 11.3 Å². The molecule has 1 heterocycles. The molecule has 0 aromatic carbocycles. The van der Waals surface area contributed by atoms with Crippen LogP contribution in [0.25, 0.3) is 0 Å². The summed E-state index contributed by atoms with van der Waals surface area (Å²) in [6, 6.07) is 4.21. The summed E-state index contributed by atoms with van der Waals surface area (Å²) >= 11 is 1.76. The highest BCUT2D eigenvalue weighted by Gasteiger charge is 2.36. The second-order valence-corrected chi connectivity index (χ2v) is 9.25. The van der Waals surface area contributed by atoms with E-state index in [-0.39, 0.29) is 6.61 Å². The lowest BCUT2D eigenvalue weighted by atomic mass is 9.80. The van der Waals surface area contributed by atoms with E-state index in [1.165, 1.54) is 28.0 Å². The van der Waals surface area contributed by atoms with Gasteiger partial charge in [-0.05, 0) is 79.9 Å². The van der Waals surface area contributed by atoms with E-state index in [2.05, 4.69) is 43.2 Å². The van der Waals surface area contributed by atoms with Crippen LogP contribution >= 0.6 is 11.3 Å². The average Bonchev–Trinajstić information content (AvgIpc) is 3.33. The molecule has 0 radical (unpaired) electrons. The van der Waals surface area contributed by atoms with Crippen molar-refractivity contribution in [2.24, 2.45) is 17.6 Å². The third-order valence-corrected chi connectivity index (χ3v) is 6.96. The van der Waals surface area contributed by atoms with Gasteiger partial charge in [0, 0.05) is 10.4 Å². The van der Waals surface area contributed by atoms with Gasteiger partial charge in [-0.25, -0.2) is 0 Å². The summed E-state index contributed by atoms with van der Waals surface area (Å²) in [4.78, 5) is 1.30. The van der Waals surface area contributed by atoms with Crippen molar-refractivity contribution in [3.05, 3.63) is 57.8 Å². The van der Waals surface area contributed by atoms with Gasteiger partial charge >= 0.3 is 0 Å². The first-order valence-corrected chi connectivity index (χ1v) is 11.0. The van der Waals surface area contributed by atoms with E-state index in [0.717, 1.165) is 45.3 Å². The van der Waals surface area contributed by atoms with Crippen LogP contribution in [-0.4, -0.2) is 23.9 Å². The Bertz CT molecular complexity index is 691. The van der Waals surface area contributed by atoms with E-state index in [9.17, 15) is 5.11 Å². The van der Waals surface area contributed by atoms with E-state index in [4.69, 9.17) is 10.5 Å². The van der Waals surface area contributed by atoms with Crippen molar-refractivity contribution in [1.82, 2.24) is 0 Å². The highest BCUT2D eigenvalue weighted by molar-refractivity contribution is 7.09. The SMILES string of the molecule is C=C(/C=C1/CC[C@@H](COCc2cccs2)C/C1=C/C)[C@H]1CC[C@](N)(CO)C1. The van der Waals surface area contributed by atoms with Crippen LogP contribution in [0.4, 0.5) is 0 Å². The first-order chi connectivity index (χ1) is 13.0. The standard InChI is InChI=1S/C23H33NO2S/c1-3-19-12-18(14-26-15-22-5-4-10-27-22)6-7-20(19)11-17(2)21-8-9-23(24,13-21)16-25/h3-5,10-11,18,21,25H,2,6-9,12-16,24H2,1H3/b19-3-,20-11-/t18-,21+,23-/m1/s1. The molecule has 0 unspecified atom stereocenters. The Morgan fingerprint density at radius 2 is 2.30 bits per heavy atom.